The molecule has 18 heavy (non-hydrogen) atoms. The summed E-state index contributed by atoms with van der Waals surface area (Å²) >= 11 is 0. The average molecular weight is 249 g/mol. The quantitative estimate of drug-likeness (QED) is 0.704. The van der Waals surface area contributed by atoms with Crippen LogP contribution in [0.4, 0.5) is 5.69 Å². The summed E-state index contributed by atoms with van der Waals surface area (Å²) in [6.07, 6.45) is 0.338. The predicted molar refractivity (Wildman–Crippen MR) is 71.0 cm³/mol. The fourth-order valence-corrected chi connectivity index (χ4v) is 1.46. The summed E-state index contributed by atoms with van der Waals surface area (Å²) in [5.41, 5.74) is 7.82. The molecule has 98 valence electrons. The van der Waals surface area contributed by atoms with Crippen molar-refractivity contribution >= 4 is 17.5 Å². The summed E-state index contributed by atoms with van der Waals surface area (Å²) in [5, 5.41) is 3.02. The normalized spacial score (nSPS) is 9.72. The minimum absolute atomic E-state index is 0.119. The minimum Gasteiger partial charge on any atom is -0.376 e. The van der Waals surface area contributed by atoms with Gasteiger partial charge in [0.15, 0.2) is 0 Å². The van der Waals surface area contributed by atoms with Gasteiger partial charge in [0.05, 0.1) is 6.54 Å². The van der Waals surface area contributed by atoms with Gasteiger partial charge in [0.2, 0.25) is 5.91 Å². The van der Waals surface area contributed by atoms with E-state index >= 15 is 0 Å². The van der Waals surface area contributed by atoms with E-state index in [9.17, 15) is 9.59 Å². The van der Waals surface area contributed by atoms with Gasteiger partial charge < -0.3 is 5.32 Å². The molecule has 0 spiro atoms. The first kappa shape index (κ1) is 14.0. The molecule has 1 aromatic carbocycles. The van der Waals surface area contributed by atoms with Crippen molar-refractivity contribution in [3.8, 4) is 0 Å². The molecule has 5 nitrogen and oxygen atoms in total. The molecule has 2 amide bonds. The van der Waals surface area contributed by atoms with E-state index in [2.05, 4.69) is 16.2 Å². The number of rotatable bonds is 4. The molecule has 1 aromatic rings. The van der Waals surface area contributed by atoms with Crippen molar-refractivity contribution in [1.29, 1.82) is 0 Å². The lowest BCUT2D eigenvalue weighted by Crippen LogP contribution is -2.43. The van der Waals surface area contributed by atoms with Crippen molar-refractivity contribution in [3.63, 3.8) is 0 Å². The van der Waals surface area contributed by atoms with E-state index in [-0.39, 0.29) is 18.4 Å². The zero-order valence-corrected chi connectivity index (χ0v) is 11.0. The van der Waals surface area contributed by atoms with E-state index in [1.165, 1.54) is 5.56 Å². The molecule has 0 aliphatic rings. The zero-order valence-electron chi connectivity index (χ0n) is 11.0. The Balaban J connectivity index is 2.40. The molecule has 0 bridgehead atoms. The lowest BCUT2D eigenvalue weighted by Gasteiger charge is -2.10. The zero-order chi connectivity index (χ0) is 13.5. The molecule has 0 heterocycles. The monoisotopic (exact) mass is 249 g/mol. The Morgan fingerprint density at radius 2 is 1.78 bits per heavy atom. The number of hydrogen-bond donors (Lipinski definition) is 3. The largest absolute Gasteiger partial charge is 0.376 e. The van der Waals surface area contributed by atoms with Crippen LogP contribution in [0.2, 0.25) is 0 Å². The molecule has 0 aliphatic carbocycles. The summed E-state index contributed by atoms with van der Waals surface area (Å²) in [6, 6.07) is 5.95. The van der Waals surface area contributed by atoms with Crippen molar-refractivity contribution < 1.29 is 9.59 Å². The molecule has 0 aliphatic heterocycles. The van der Waals surface area contributed by atoms with Gasteiger partial charge in [-0.15, -0.1) is 0 Å². The van der Waals surface area contributed by atoms with Gasteiger partial charge in [0.1, 0.15) is 0 Å². The lowest BCUT2D eigenvalue weighted by atomic mass is 10.1. The maximum absolute atomic E-state index is 11.4. The van der Waals surface area contributed by atoms with Crippen molar-refractivity contribution in [2.75, 3.05) is 11.9 Å². The number of benzene rings is 1. The van der Waals surface area contributed by atoms with Gasteiger partial charge in [-0.1, -0.05) is 24.6 Å². The smallest absolute Gasteiger partial charge is 0.257 e. The molecule has 3 N–H and O–H groups in total. The van der Waals surface area contributed by atoms with Gasteiger partial charge in [-0.2, -0.15) is 0 Å². The first-order chi connectivity index (χ1) is 8.52. The van der Waals surface area contributed by atoms with Gasteiger partial charge in [-0.3, -0.25) is 20.4 Å². The van der Waals surface area contributed by atoms with Crippen molar-refractivity contribution in [1.82, 2.24) is 10.9 Å². The fourth-order valence-electron chi connectivity index (χ4n) is 1.46. The maximum Gasteiger partial charge on any atom is 0.257 e. The van der Waals surface area contributed by atoms with E-state index in [0.717, 1.165) is 11.3 Å². The van der Waals surface area contributed by atoms with Crippen LogP contribution in [0.25, 0.3) is 0 Å². The minimum atomic E-state index is -0.281. The van der Waals surface area contributed by atoms with E-state index in [0.29, 0.717) is 6.42 Å². The second-order valence-electron chi connectivity index (χ2n) is 4.12. The van der Waals surface area contributed by atoms with Gasteiger partial charge in [-0.05, 0) is 25.5 Å². The van der Waals surface area contributed by atoms with Crippen LogP contribution in [-0.4, -0.2) is 18.4 Å². The molecule has 0 saturated heterocycles. The Hall–Kier alpha value is -2.04. The van der Waals surface area contributed by atoms with Crippen molar-refractivity contribution in [2.45, 2.75) is 27.2 Å². The Bertz CT molecular complexity index is 444. The van der Waals surface area contributed by atoms with Gasteiger partial charge in [0.25, 0.3) is 5.91 Å². The number of carbonyl (C=O) groups excluding carboxylic acids is 2. The molecule has 5 heteroatoms. The third-order valence-corrected chi connectivity index (χ3v) is 2.48. The predicted octanol–water partition coefficient (Wildman–Crippen LogP) is 1.27. The molecular formula is C13H19N3O2. The molecule has 0 radical (unpaired) electrons. The van der Waals surface area contributed by atoms with E-state index in [4.69, 9.17) is 0 Å². The Labute approximate surface area is 107 Å². The molecule has 0 fully saturated rings. The van der Waals surface area contributed by atoms with Gasteiger partial charge in [-0.25, -0.2) is 0 Å². The summed E-state index contributed by atoms with van der Waals surface area (Å²) in [6.45, 7) is 5.83. The maximum atomic E-state index is 11.4. The fraction of sp³-hybridized carbons (Fsp3) is 0.385. The highest BCUT2D eigenvalue weighted by atomic mass is 16.2. The third kappa shape index (κ3) is 4.45. The van der Waals surface area contributed by atoms with E-state index in [1.807, 2.05) is 32.0 Å². The van der Waals surface area contributed by atoms with Crippen LogP contribution < -0.4 is 16.2 Å². The highest BCUT2D eigenvalue weighted by Crippen LogP contribution is 2.15. The first-order valence-corrected chi connectivity index (χ1v) is 5.91. The van der Waals surface area contributed by atoms with Crippen molar-refractivity contribution in [2.24, 2.45) is 0 Å². The molecular weight excluding hydrogens is 230 g/mol. The lowest BCUT2D eigenvalue weighted by molar-refractivity contribution is -0.127. The second-order valence-corrected chi connectivity index (χ2v) is 4.12. The number of carbonyl (C=O) groups is 2. The Kier molecular flexibility index (Phi) is 5.17. The molecule has 1 rings (SSSR count). The van der Waals surface area contributed by atoms with Gasteiger partial charge >= 0.3 is 0 Å². The van der Waals surface area contributed by atoms with E-state index < -0.39 is 0 Å². The summed E-state index contributed by atoms with van der Waals surface area (Å²) in [4.78, 5) is 22.4. The number of amides is 2. The average Bonchev–Trinajstić information content (AvgIpc) is 2.34. The number of anilines is 1. The van der Waals surface area contributed by atoms with Crippen molar-refractivity contribution in [3.05, 3.63) is 29.3 Å². The third-order valence-electron chi connectivity index (χ3n) is 2.48. The van der Waals surface area contributed by atoms with Crippen LogP contribution >= 0.6 is 0 Å². The number of hydrazine groups is 1. The number of hydrogen-bond acceptors (Lipinski definition) is 3. The van der Waals surface area contributed by atoms with Crippen LogP contribution in [0.5, 0.6) is 0 Å². The number of nitrogens with one attached hydrogen (secondary N) is 3. The van der Waals surface area contributed by atoms with Crippen LogP contribution in [0, 0.1) is 13.8 Å². The molecule has 0 unspecified atom stereocenters. The summed E-state index contributed by atoms with van der Waals surface area (Å²) in [7, 11) is 0. The first-order valence-electron chi connectivity index (χ1n) is 5.91. The van der Waals surface area contributed by atoms with Crippen LogP contribution in [-0.2, 0) is 9.59 Å². The number of aryl methyl sites for hydroxylation is 2. The van der Waals surface area contributed by atoms with Crippen LogP contribution in [0.1, 0.15) is 24.5 Å². The van der Waals surface area contributed by atoms with E-state index in [1.54, 1.807) is 6.92 Å². The Morgan fingerprint density at radius 1 is 1.11 bits per heavy atom. The second kappa shape index (κ2) is 6.64. The molecule has 0 saturated carbocycles. The standard InChI is InChI=1S/C13H19N3O2/c1-4-12(17)15-16-13(18)8-14-11-6-5-9(2)7-10(11)3/h5-7,14H,4,8H2,1-3H3,(H,15,17)(H,16,18). The summed E-state index contributed by atoms with van der Waals surface area (Å²) in [5.74, 6) is -0.494. The molecule has 0 aromatic heterocycles. The Morgan fingerprint density at radius 3 is 2.39 bits per heavy atom. The summed E-state index contributed by atoms with van der Waals surface area (Å²) < 4.78 is 0. The highest BCUT2D eigenvalue weighted by Gasteiger charge is 2.04. The topological polar surface area (TPSA) is 70.2 Å². The SMILES string of the molecule is CCC(=O)NNC(=O)CNc1ccc(C)cc1C. The highest BCUT2D eigenvalue weighted by molar-refractivity contribution is 5.84. The van der Waals surface area contributed by atoms with Gasteiger partial charge in [0, 0.05) is 12.1 Å². The van der Waals surface area contributed by atoms with Crippen LogP contribution in [0.15, 0.2) is 18.2 Å². The molecule has 0 atom stereocenters. The van der Waals surface area contributed by atoms with Crippen LogP contribution in [0.3, 0.4) is 0 Å².